The summed E-state index contributed by atoms with van der Waals surface area (Å²) in [5.74, 6) is 0.254. The second kappa shape index (κ2) is 10.6. The van der Waals surface area contributed by atoms with Crippen molar-refractivity contribution >= 4 is 54.2 Å². The van der Waals surface area contributed by atoms with Crippen LogP contribution in [-0.2, 0) is 11.3 Å². The van der Waals surface area contributed by atoms with Crippen molar-refractivity contribution < 1.29 is 4.79 Å². The van der Waals surface area contributed by atoms with Gasteiger partial charge in [-0.25, -0.2) is 4.98 Å². The summed E-state index contributed by atoms with van der Waals surface area (Å²) in [4.78, 5) is 20.1. The van der Waals surface area contributed by atoms with E-state index in [-0.39, 0.29) is 30.7 Å². The third-order valence-corrected chi connectivity index (χ3v) is 3.49. The largest absolute Gasteiger partial charge is 0.331 e. The first-order valence-electron chi connectivity index (χ1n) is 7.34. The van der Waals surface area contributed by atoms with E-state index in [1.54, 1.807) is 31.0 Å². The average molecular weight is 412 g/mol. The van der Waals surface area contributed by atoms with Crippen molar-refractivity contribution in [3.63, 3.8) is 0 Å². The molecular weight excluding hydrogens is 395 g/mol. The number of nitrogens with one attached hydrogen (secondary N) is 1. The van der Waals surface area contributed by atoms with Crippen LogP contribution in [0.4, 0.5) is 5.82 Å². The number of carbonyl (C=O) groups excluding carboxylic acids is 1. The zero-order chi connectivity index (χ0) is 16.8. The van der Waals surface area contributed by atoms with Crippen LogP contribution in [0.3, 0.4) is 0 Å². The lowest BCUT2D eigenvalue weighted by Gasteiger charge is -2.02. The average Bonchev–Trinajstić information content (AvgIpc) is 3.01. The number of amides is 1. The minimum atomic E-state index is -0.244. The van der Waals surface area contributed by atoms with Gasteiger partial charge in [-0.05, 0) is 35.4 Å². The maximum atomic E-state index is 11.9. The molecule has 0 atom stereocenters. The van der Waals surface area contributed by atoms with Gasteiger partial charge in [-0.15, -0.1) is 24.8 Å². The molecule has 0 fully saturated rings. The zero-order valence-corrected chi connectivity index (χ0v) is 16.0. The summed E-state index contributed by atoms with van der Waals surface area (Å²) in [7, 11) is 0. The summed E-state index contributed by atoms with van der Waals surface area (Å²) in [6.45, 7) is 0.634. The number of pyridine rings is 1. The van der Waals surface area contributed by atoms with Crippen molar-refractivity contribution in [3.05, 3.63) is 83.5 Å². The first-order valence-corrected chi connectivity index (χ1v) is 7.72. The van der Waals surface area contributed by atoms with Gasteiger partial charge in [-0.3, -0.25) is 9.78 Å². The molecule has 1 aromatic carbocycles. The summed E-state index contributed by atoms with van der Waals surface area (Å²) in [5, 5.41) is 3.42. The number of carbonyl (C=O) groups is 1. The number of benzene rings is 1. The highest BCUT2D eigenvalue weighted by molar-refractivity contribution is 6.30. The summed E-state index contributed by atoms with van der Waals surface area (Å²) in [5.41, 5.74) is 1.92. The predicted molar refractivity (Wildman–Crippen MR) is 109 cm³/mol. The molecule has 1 amide bonds. The molecule has 0 saturated carbocycles. The molecule has 0 aliphatic carbocycles. The van der Waals surface area contributed by atoms with Crippen molar-refractivity contribution in [2.45, 2.75) is 6.54 Å². The Kier molecular flexibility index (Phi) is 8.85. The predicted octanol–water partition coefficient (Wildman–Crippen LogP) is 4.48. The van der Waals surface area contributed by atoms with E-state index < -0.39 is 0 Å². The molecule has 1 N–H and O–H groups in total. The van der Waals surface area contributed by atoms with E-state index in [0.717, 1.165) is 11.1 Å². The van der Waals surface area contributed by atoms with Crippen LogP contribution in [0.5, 0.6) is 0 Å². The number of rotatable bonds is 5. The Bertz CT molecular complexity index is 866. The van der Waals surface area contributed by atoms with Gasteiger partial charge < -0.3 is 9.88 Å². The van der Waals surface area contributed by atoms with Gasteiger partial charge in [0.2, 0.25) is 5.91 Å². The van der Waals surface area contributed by atoms with Crippen molar-refractivity contribution in [2.75, 3.05) is 5.32 Å². The molecule has 2 aromatic heterocycles. The molecule has 0 radical (unpaired) electrons. The van der Waals surface area contributed by atoms with E-state index in [2.05, 4.69) is 15.3 Å². The monoisotopic (exact) mass is 410 g/mol. The van der Waals surface area contributed by atoms with Gasteiger partial charge in [0.05, 0.1) is 6.33 Å². The smallest absolute Gasteiger partial charge is 0.249 e. The number of hydrogen-bond acceptors (Lipinski definition) is 3. The van der Waals surface area contributed by atoms with Crippen LogP contribution in [0, 0.1) is 0 Å². The first-order chi connectivity index (χ1) is 11.7. The van der Waals surface area contributed by atoms with E-state index in [1.807, 2.05) is 41.0 Å². The maximum Gasteiger partial charge on any atom is 0.249 e. The van der Waals surface area contributed by atoms with Crippen LogP contribution in [-0.4, -0.2) is 20.4 Å². The number of halogens is 3. The highest BCUT2D eigenvalue weighted by atomic mass is 35.5. The van der Waals surface area contributed by atoms with Crippen molar-refractivity contribution in [1.82, 2.24) is 14.5 Å². The van der Waals surface area contributed by atoms with Crippen molar-refractivity contribution in [2.24, 2.45) is 0 Å². The topological polar surface area (TPSA) is 59.8 Å². The summed E-state index contributed by atoms with van der Waals surface area (Å²) in [6, 6.07) is 11.3. The molecule has 8 heteroatoms. The van der Waals surface area contributed by atoms with Crippen LogP contribution >= 0.6 is 36.4 Å². The van der Waals surface area contributed by atoms with Crippen LogP contribution in [0.15, 0.2) is 67.4 Å². The van der Waals surface area contributed by atoms with Crippen LogP contribution < -0.4 is 5.32 Å². The molecule has 0 aliphatic heterocycles. The summed E-state index contributed by atoms with van der Waals surface area (Å²) < 4.78 is 1.88. The number of anilines is 1. The van der Waals surface area contributed by atoms with Gasteiger partial charge in [0, 0.05) is 36.2 Å². The van der Waals surface area contributed by atoms with E-state index in [4.69, 9.17) is 11.6 Å². The van der Waals surface area contributed by atoms with E-state index in [9.17, 15) is 4.79 Å². The minimum Gasteiger partial charge on any atom is -0.331 e. The van der Waals surface area contributed by atoms with E-state index in [0.29, 0.717) is 17.4 Å². The second-order valence-electron chi connectivity index (χ2n) is 5.17. The molecular formula is C18H17Cl3N4O. The molecule has 136 valence electrons. The molecule has 0 bridgehead atoms. The highest BCUT2D eigenvalue weighted by Crippen LogP contribution is 2.13. The SMILES string of the molecule is Cl.Cl.O=C(/C=C/c1cccnc1)Nc1cn(Cc2cccc(Cl)c2)cn1. The molecule has 3 aromatic rings. The quantitative estimate of drug-likeness (QED) is 0.630. The first kappa shape index (κ1) is 21.7. The lowest BCUT2D eigenvalue weighted by Crippen LogP contribution is -2.08. The third kappa shape index (κ3) is 6.52. The highest BCUT2D eigenvalue weighted by Gasteiger charge is 2.03. The van der Waals surface area contributed by atoms with Gasteiger partial charge in [0.1, 0.15) is 0 Å². The Morgan fingerprint density at radius 3 is 2.81 bits per heavy atom. The van der Waals surface area contributed by atoms with Gasteiger partial charge in [0.25, 0.3) is 0 Å². The molecule has 0 saturated heterocycles. The fourth-order valence-electron chi connectivity index (χ4n) is 2.17. The number of imidazole rings is 1. The van der Waals surface area contributed by atoms with Gasteiger partial charge in [-0.2, -0.15) is 0 Å². The van der Waals surface area contributed by atoms with E-state index in [1.165, 1.54) is 6.08 Å². The van der Waals surface area contributed by atoms with Crippen LogP contribution in [0.2, 0.25) is 5.02 Å². The Morgan fingerprint density at radius 2 is 2.08 bits per heavy atom. The fraction of sp³-hybridized carbons (Fsp3) is 0.0556. The Balaban J connectivity index is 0.00000169. The summed E-state index contributed by atoms with van der Waals surface area (Å²) >= 11 is 5.98. The number of nitrogens with zero attached hydrogens (tertiary/aromatic N) is 3. The van der Waals surface area contributed by atoms with Gasteiger partial charge >= 0.3 is 0 Å². The van der Waals surface area contributed by atoms with Gasteiger partial charge in [0.15, 0.2) is 5.82 Å². The number of hydrogen-bond donors (Lipinski definition) is 1. The fourth-order valence-corrected chi connectivity index (χ4v) is 2.38. The van der Waals surface area contributed by atoms with Crippen molar-refractivity contribution in [3.8, 4) is 0 Å². The normalized spacial score (nSPS) is 10.0. The van der Waals surface area contributed by atoms with Crippen LogP contribution in [0.25, 0.3) is 6.08 Å². The maximum absolute atomic E-state index is 11.9. The lowest BCUT2D eigenvalue weighted by atomic mass is 10.2. The molecule has 2 heterocycles. The Hall–Kier alpha value is -2.34. The van der Waals surface area contributed by atoms with Crippen molar-refractivity contribution in [1.29, 1.82) is 0 Å². The Labute approximate surface area is 168 Å². The summed E-state index contributed by atoms with van der Waals surface area (Å²) in [6.07, 6.45) is 9.96. The van der Waals surface area contributed by atoms with E-state index >= 15 is 0 Å². The molecule has 0 unspecified atom stereocenters. The molecule has 3 rings (SSSR count). The third-order valence-electron chi connectivity index (χ3n) is 3.25. The lowest BCUT2D eigenvalue weighted by molar-refractivity contribution is -0.111. The number of aromatic nitrogens is 3. The zero-order valence-electron chi connectivity index (χ0n) is 13.6. The van der Waals surface area contributed by atoms with Crippen LogP contribution in [0.1, 0.15) is 11.1 Å². The van der Waals surface area contributed by atoms with Gasteiger partial charge in [-0.1, -0.05) is 29.8 Å². The minimum absolute atomic E-state index is 0. The molecule has 5 nitrogen and oxygen atoms in total. The second-order valence-corrected chi connectivity index (χ2v) is 5.61. The standard InChI is InChI=1S/C18H15ClN4O.2ClH/c19-16-5-1-3-15(9-16)11-23-12-17(21-13-23)22-18(24)7-6-14-4-2-8-20-10-14;;/h1-10,12-13H,11H2,(H,22,24);2*1H/b7-6+;;. The Morgan fingerprint density at radius 1 is 1.23 bits per heavy atom. The molecule has 26 heavy (non-hydrogen) atoms. The molecule has 0 aliphatic rings. The molecule has 0 spiro atoms.